The van der Waals surface area contributed by atoms with Gasteiger partial charge >= 0.3 is 0 Å². The molecule has 4 nitrogen and oxygen atoms in total. The molecule has 0 heterocycles. The van der Waals surface area contributed by atoms with E-state index in [0.717, 1.165) is 18.7 Å². The Labute approximate surface area is 128 Å². The van der Waals surface area contributed by atoms with Crippen molar-refractivity contribution in [2.75, 3.05) is 26.7 Å². The minimum atomic E-state index is -0.781. The number of hydrogen-bond acceptors (Lipinski definition) is 3. The van der Waals surface area contributed by atoms with Gasteiger partial charge < -0.3 is 10.6 Å². The molecule has 3 N–H and O–H groups in total. The van der Waals surface area contributed by atoms with Crippen molar-refractivity contribution in [3.05, 3.63) is 35.9 Å². The van der Waals surface area contributed by atoms with Gasteiger partial charge in [0, 0.05) is 6.54 Å². The minimum absolute atomic E-state index is 0.306. The van der Waals surface area contributed by atoms with Crippen LogP contribution in [-0.4, -0.2) is 37.5 Å². The molecule has 0 aliphatic heterocycles. The molecule has 4 heteroatoms. The number of unbranched alkanes of at least 4 members (excludes halogenated alkanes) is 1. The lowest BCUT2D eigenvalue weighted by atomic mass is 9.85. The van der Waals surface area contributed by atoms with Crippen LogP contribution in [0, 0.1) is 0 Å². The minimum Gasteiger partial charge on any atom is -0.368 e. The van der Waals surface area contributed by atoms with Gasteiger partial charge in [0.2, 0.25) is 5.91 Å². The molecule has 1 amide bonds. The van der Waals surface area contributed by atoms with Crippen LogP contribution in [0.1, 0.15) is 38.7 Å². The first-order chi connectivity index (χ1) is 10.1. The van der Waals surface area contributed by atoms with Crippen molar-refractivity contribution < 1.29 is 4.79 Å². The molecule has 0 aliphatic carbocycles. The first-order valence-corrected chi connectivity index (χ1v) is 7.85. The van der Waals surface area contributed by atoms with Crippen LogP contribution < -0.4 is 11.1 Å². The first kappa shape index (κ1) is 17.7. The quantitative estimate of drug-likeness (QED) is 0.694. The van der Waals surface area contributed by atoms with Crippen LogP contribution in [0.2, 0.25) is 0 Å². The number of primary amides is 1. The van der Waals surface area contributed by atoms with E-state index in [9.17, 15) is 4.79 Å². The van der Waals surface area contributed by atoms with Gasteiger partial charge in [-0.2, -0.15) is 0 Å². The number of amides is 1. The molecule has 0 saturated carbocycles. The molecule has 118 valence electrons. The van der Waals surface area contributed by atoms with E-state index in [1.807, 2.05) is 37.3 Å². The number of carbonyl (C=O) groups is 1. The van der Waals surface area contributed by atoms with Crippen LogP contribution in [0.5, 0.6) is 0 Å². The van der Waals surface area contributed by atoms with Crippen LogP contribution in [0.25, 0.3) is 0 Å². The largest absolute Gasteiger partial charge is 0.368 e. The van der Waals surface area contributed by atoms with Gasteiger partial charge in [-0.1, -0.05) is 50.6 Å². The Morgan fingerprint density at radius 2 is 1.90 bits per heavy atom. The van der Waals surface area contributed by atoms with Gasteiger partial charge in [-0.3, -0.25) is 10.1 Å². The summed E-state index contributed by atoms with van der Waals surface area (Å²) in [5, 5.41) is 3.32. The first-order valence-electron chi connectivity index (χ1n) is 7.85. The third kappa shape index (κ3) is 4.83. The summed E-state index contributed by atoms with van der Waals surface area (Å²) < 4.78 is 0. The van der Waals surface area contributed by atoms with E-state index >= 15 is 0 Å². The van der Waals surface area contributed by atoms with Crippen molar-refractivity contribution in [1.82, 2.24) is 10.2 Å². The molecule has 1 unspecified atom stereocenters. The third-order valence-electron chi connectivity index (χ3n) is 3.93. The molecule has 0 saturated heterocycles. The molecule has 1 atom stereocenters. The Morgan fingerprint density at radius 3 is 2.43 bits per heavy atom. The average molecular weight is 291 g/mol. The van der Waals surface area contributed by atoms with Gasteiger partial charge in [-0.15, -0.1) is 0 Å². The molecule has 0 aromatic heterocycles. The zero-order valence-electron chi connectivity index (χ0n) is 13.6. The standard InChI is InChI=1S/C17H29N3O/c1-4-6-13-20(3)14-12-17(16(18)21,19-5-2)15-10-8-7-9-11-15/h7-11,19H,4-6,12-14H2,1-3H3,(H2,18,21). The molecule has 21 heavy (non-hydrogen) atoms. The van der Waals surface area contributed by atoms with E-state index in [4.69, 9.17) is 5.73 Å². The van der Waals surface area contributed by atoms with Gasteiger partial charge in [0.25, 0.3) is 0 Å². The van der Waals surface area contributed by atoms with Gasteiger partial charge in [-0.05, 0) is 38.5 Å². The highest BCUT2D eigenvalue weighted by atomic mass is 16.1. The zero-order valence-corrected chi connectivity index (χ0v) is 13.6. The van der Waals surface area contributed by atoms with E-state index in [0.29, 0.717) is 13.0 Å². The topological polar surface area (TPSA) is 58.4 Å². The smallest absolute Gasteiger partial charge is 0.242 e. The second-order valence-electron chi connectivity index (χ2n) is 5.57. The Bertz CT molecular complexity index is 421. The molecule has 1 aromatic carbocycles. The second kappa shape index (κ2) is 8.80. The lowest BCUT2D eigenvalue weighted by Gasteiger charge is -2.33. The van der Waals surface area contributed by atoms with E-state index in [1.165, 1.54) is 12.8 Å². The van der Waals surface area contributed by atoms with Crippen molar-refractivity contribution in [3.8, 4) is 0 Å². The highest BCUT2D eigenvalue weighted by Crippen LogP contribution is 2.25. The van der Waals surface area contributed by atoms with E-state index in [-0.39, 0.29) is 5.91 Å². The molecular formula is C17H29N3O. The number of rotatable bonds is 10. The van der Waals surface area contributed by atoms with Crippen molar-refractivity contribution in [1.29, 1.82) is 0 Å². The SMILES string of the molecule is CCCCN(C)CCC(NCC)(C(N)=O)c1ccccc1. The Morgan fingerprint density at radius 1 is 1.24 bits per heavy atom. The number of benzene rings is 1. The predicted octanol–water partition coefficient (Wildman–Crippen LogP) is 2.10. The maximum absolute atomic E-state index is 12.2. The molecule has 0 aliphatic rings. The summed E-state index contributed by atoms with van der Waals surface area (Å²) in [5.74, 6) is -0.306. The van der Waals surface area contributed by atoms with E-state index < -0.39 is 5.54 Å². The molecular weight excluding hydrogens is 262 g/mol. The Kier molecular flexibility index (Phi) is 7.40. The summed E-state index contributed by atoms with van der Waals surface area (Å²) >= 11 is 0. The Balaban J connectivity index is 2.89. The number of nitrogens with two attached hydrogens (primary N) is 1. The average Bonchev–Trinajstić information content (AvgIpc) is 2.50. The molecule has 0 bridgehead atoms. The van der Waals surface area contributed by atoms with Crippen LogP contribution in [-0.2, 0) is 10.3 Å². The number of hydrogen-bond donors (Lipinski definition) is 2. The highest BCUT2D eigenvalue weighted by molar-refractivity contribution is 5.86. The molecule has 0 radical (unpaired) electrons. The van der Waals surface area contributed by atoms with Crippen LogP contribution >= 0.6 is 0 Å². The molecule has 0 spiro atoms. The van der Waals surface area contributed by atoms with Crippen molar-refractivity contribution in [2.24, 2.45) is 5.73 Å². The fraction of sp³-hybridized carbons (Fsp3) is 0.588. The van der Waals surface area contributed by atoms with Gasteiger partial charge in [0.1, 0.15) is 5.54 Å². The lowest BCUT2D eigenvalue weighted by molar-refractivity contribution is -0.125. The Hall–Kier alpha value is -1.39. The fourth-order valence-corrected chi connectivity index (χ4v) is 2.61. The molecule has 0 fully saturated rings. The van der Waals surface area contributed by atoms with Crippen molar-refractivity contribution in [3.63, 3.8) is 0 Å². The highest BCUT2D eigenvalue weighted by Gasteiger charge is 2.37. The van der Waals surface area contributed by atoms with Crippen LogP contribution in [0.3, 0.4) is 0 Å². The van der Waals surface area contributed by atoms with Crippen LogP contribution in [0.4, 0.5) is 0 Å². The molecule has 1 aromatic rings. The van der Waals surface area contributed by atoms with Crippen molar-refractivity contribution in [2.45, 2.75) is 38.6 Å². The summed E-state index contributed by atoms with van der Waals surface area (Å²) in [7, 11) is 2.10. The van der Waals surface area contributed by atoms with E-state index in [1.54, 1.807) is 0 Å². The normalized spacial score (nSPS) is 14.1. The van der Waals surface area contributed by atoms with Gasteiger partial charge in [0.05, 0.1) is 0 Å². The van der Waals surface area contributed by atoms with Gasteiger partial charge in [0.15, 0.2) is 0 Å². The fourth-order valence-electron chi connectivity index (χ4n) is 2.61. The summed E-state index contributed by atoms with van der Waals surface area (Å²) in [6.07, 6.45) is 3.03. The summed E-state index contributed by atoms with van der Waals surface area (Å²) in [6, 6.07) is 9.80. The maximum atomic E-state index is 12.2. The predicted molar refractivity (Wildman–Crippen MR) is 88.0 cm³/mol. The second-order valence-corrected chi connectivity index (χ2v) is 5.57. The molecule has 1 rings (SSSR count). The van der Waals surface area contributed by atoms with Gasteiger partial charge in [-0.25, -0.2) is 0 Å². The number of nitrogens with zero attached hydrogens (tertiary/aromatic N) is 1. The maximum Gasteiger partial charge on any atom is 0.242 e. The summed E-state index contributed by atoms with van der Waals surface area (Å²) in [4.78, 5) is 14.4. The number of likely N-dealkylation sites (N-methyl/N-ethyl adjacent to an activating group) is 1. The summed E-state index contributed by atoms with van der Waals surface area (Å²) in [5.41, 5.74) is 5.92. The van der Waals surface area contributed by atoms with Crippen LogP contribution in [0.15, 0.2) is 30.3 Å². The monoisotopic (exact) mass is 291 g/mol. The van der Waals surface area contributed by atoms with E-state index in [2.05, 4.69) is 24.2 Å². The number of carbonyl (C=O) groups excluding carboxylic acids is 1. The summed E-state index contributed by atoms with van der Waals surface area (Å²) in [6.45, 7) is 6.78. The number of nitrogens with one attached hydrogen (secondary N) is 1. The third-order valence-corrected chi connectivity index (χ3v) is 3.93. The lowest BCUT2D eigenvalue weighted by Crippen LogP contribution is -2.54. The zero-order chi connectivity index (χ0) is 15.7. The van der Waals surface area contributed by atoms with Crippen molar-refractivity contribution >= 4 is 5.91 Å².